The lowest BCUT2D eigenvalue weighted by Gasteiger charge is -2.48. The van der Waals surface area contributed by atoms with Gasteiger partial charge in [0.05, 0.1) is 12.5 Å². The van der Waals surface area contributed by atoms with Crippen molar-refractivity contribution in [1.82, 2.24) is 0 Å². The second kappa shape index (κ2) is 8.08. The number of esters is 3. The fraction of sp³-hybridized carbons (Fsp3) is 0.600. The summed E-state index contributed by atoms with van der Waals surface area (Å²) in [7, 11) is 1.51. The third-order valence-corrected chi connectivity index (χ3v) is 7.86. The van der Waals surface area contributed by atoms with E-state index in [1.54, 1.807) is 6.92 Å². The lowest BCUT2D eigenvalue weighted by Crippen LogP contribution is -2.50. The van der Waals surface area contributed by atoms with Crippen LogP contribution in [0.1, 0.15) is 78.8 Å². The minimum atomic E-state index is -0.740. The van der Waals surface area contributed by atoms with E-state index in [2.05, 4.69) is 0 Å². The molecule has 0 radical (unpaired) electrons. The smallest absolute Gasteiger partial charge is 0.342 e. The minimum Gasteiger partial charge on any atom is -0.462 e. The molecular weight excluding hydrogens is 444 g/mol. The molecule has 1 aromatic rings. The maximum Gasteiger partial charge on any atom is 0.342 e. The fourth-order valence-corrected chi connectivity index (χ4v) is 6.47. The Balaban J connectivity index is 1.69. The molecule has 2 unspecified atom stereocenters. The maximum atomic E-state index is 13.8. The lowest BCUT2D eigenvalue weighted by molar-refractivity contribution is -0.159. The van der Waals surface area contributed by atoms with Crippen molar-refractivity contribution in [1.29, 1.82) is 0 Å². The van der Waals surface area contributed by atoms with Crippen LogP contribution in [0, 0.1) is 11.3 Å². The summed E-state index contributed by atoms with van der Waals surface area (Å²) in [6.45, 7) is 5.16. The number of carbonyl (C=O) groups is 4. The second-order valence-electron chi connectivity index (χ2n) is 9.74. The molecule has 0 N–H and O–H groups in total. The molecule has 0 aromatic carbocycles. The van der Waals surface area contributed by atoms with E-state index in [1.807, 2.05) is 6.92 Å². The first kappa shape index (κ1) is 22.8. The highest BCUT2D eigenvalue weighted by Gasteiger charge is 2.61. The summed E-state index contributed by atoms with van der Waals surface area (Å²) in [4.78, 5) is 50.7. The largest absolute Gasteiger partial charge is 0.462 e. The van der Waals surface area contributed by atoms with Crippen LogP contribution in [0.4, 0.5) is 0 Å². The molecule has 1 aromatic heterocycles. The Morgan fingerprint density at radius 3 is 2.65 bits per heavy atom. The molecule has 0 bridgehead atoms. The fourth-order valence-electron chi connectivity index (χ4n) is 6.47. The van der Waals surface area contributed by atoms with Crippen LogP contribution in [-0.4, -0.2) is 55.7 Å². The summed E-state index contributed by atoms with van der Waals surface area (Å²) >= 11 is 0. The number of Topliss-reactive ketones (excluding diaryl/α,β-unsaturated/α-hetero) is 1. The standard InChI is InChI=1S/C25H28O9/c1-5-17(27)34-16-7-6-13-19-20(14(32-11(2)26)8-25(13,16)3)21-15(10-30-4)33-24(29)12-9-31-23(18(12)21)22(19)28/h9,13-16,21H,5-8,10H2,1-4H3/t13?,14-,15-,16+,21?,25+/m1/s1. The quantitative estimate of drug-likeness (QED) is 0.470. The number of cyclic esters (lactones) is 1. The summed E-state index contributed by atoms with van der Waals surface area (Å²) < 4.78 is 28.2. The van der Waals surface area contributed by atoms with E-state index in [0.29, 0.717) is 36.0 Å². The predicted molar refractivity (Wildman–Crippen MR) is 115 cm³/mol. The van der Waals surface area contributed by atoms with Crippen LogP contribution in [0.25, 0.3) is 0 Å². The van der Waals surface area contributed by atoms with Crippen LogP contribution in [0.15, 0.2) is 21.8 Å². The van der Waals surface area contributed by atoms with E-state index in [4.69, 9.17) is 23.4 Å². The summed E-state index contributed by atoms with van der Waals surface area (Å²) in [5.74, 6) is -2.30. The molecule has 2 heterocycles. The number of hydrogen-bond donors (Lipinski definition) is 0. The Morgan fingerprint density at radius 2 is 1.97 bits per heavy atom. The summed E-state index contributed by atoms with van der Waals surface area (Å²) in [6, 6.07) is 0. The van der Waals surface area contributed by atoms with Gasteiger partial charge in [0.15, 0.2) is 5.76 Å². The van der Waals surface area contributed by atoms with Gasteiger partial charge in [-0.3, -0.25) is 14.4 Å². The highest BCUT2D eigenvalue weighted by molar-refractivity contribution is 6.13. The van der Waals surface area contributed by atoms with E-state index < -0.39 is 41.6 Å². The summed E-state index contributed by atoms with van der Waals surface area (Å²) in [5, 5.41) is 0. The number of fused-ring (bicyclic) bond motifs is 3. The van der Waals surface area contributed by atoms with Crippen LogP contribution in [0.3, 0.4) is 0 Å². The van der Waals surface area contributed by atoms with Gasteiger partial charge < -0.3 is 23.4 Å². The minimum absolute atomic E-state index is 0.108. The molecule has 5 rings (SSSR count). The molecule has 0 spiro atoms. The third-order valence-electron chi connectivity index (χ3n) is 7.86. The van der Waals surface area contributed by atoms with E-state index >= 15 is 0 Å². The van der Waals surface area contributed by atoms with Crippen molar-refractivity contribution >= 4 is 23.7 Å². The van der Waals surface area contributed by atoms with Crippen molar-refractivity contribution in [2.24, 2.45) is 11.3 Å². The van der Waals surface area contributed by atoms with Crippen LogP contribution < -0.4 is 0 Å². The molecule has 182 valence electrons. The van der Waals surface area contributed by atoms with Gasteiger partial charge in [-0.2, -0.15) is 0 Å². The average molecular weight is 472 g/mol. The predicted octanol–water partition coefficient (Wildman–Crippen LogP) is 3.12. The Morgan fingerprint density at radius 1 is 1.21 bits per heavy atom. The summed E-state index contributed by atoms with van der Waals surface area (Å²) in [6.07, 6.45) is 1.30. The number of furan rings is 1. The normalized spacial score (nSPS) is 33.6. The molecule has 9 heteroatoms. The molecule has 1 saturated carbocycles. The molecule has 34 heavy (non-hydrogen) atoms. The lowest BCUT2D eigenvalue weighted by atomic mass is 9.58. The van der Waals surface area contributed by atoms with Gasteiger partial charge >= 0.3 is 17.9 Å². The van der Waals surface area contributed by atoms with E-state index in [0.717, 1.165) is 0 Å². The Hall–Kier alpha value is -2.94. The first-order chi connectivity index (χ1) is 16.2. The van der Waals surface area contributed by atoms with Crippen molar-refractivity contribution in [2.75, 3.05) is 13.7 Å². The zero-order valence-electron chi connectivity index (χ0n) is 19.7. The number of ether oxygens (including phenoxy) is 4. The zero-order valence-corrected chi connectivity index (χ0v) is 19.7. The van der Waals surface area contributed by atoms with Crippen molar-refractivity contribution < 1.29 is 42.5 Å². The Kier molecular flexibility index (Phi) is 5.42. The Bertz CT molecular complexity index is 1110. The maximum absolute atomic E-state index is 13.8. The van der Waals surface area contributed by atoms with E-state index in [9.17, 15) is 19.2 Å². The molecule has 3 aliphatic carbocycles. The number of carbonyl (C=O) groups excluding carboxylic acids is 4. The van der Waals surface area contributed by atoms with Crippen LogP contribution in [0.5, 0.6) is 0 Å². The van der Waals surface area contributed by atoms with Gasteiger partial charge in [-0.1, -0.05) is 13.8 Å². The van der Waals surface area contributed by atoms with Crippen LogP contribution >= 0.6 is 0 Å². The first-order valence-electron chi connectivity index (χ1n) is 11.7. The van der Waals surface area contributed by atoms with Crippen LogP contribution in [0.2, 0.25) is 0 Å². The molecule has 4 aliphatic rings. The number of rotatable bonds is 5. The first-order valence-corrected chi connectivity index (χ1v) is 11.7. The van der Waals surface area contributed by atoms with Gasteiger partial charge in [0.1, 0.15) is 30.1 Å². The molecule has 0 saturated heterocycles. The number of hydrogen-bond acceptors (Lipinski definition) is 9. The van der Waals surface area contributed by atoms with E-state index in [1.165, 1.54) is 20.3 Å². The highest BCUT2D eigenvalue weighted by Crippen LogP contribution is 2.61. The SMILES string of the molecule is CCC(=O)O[C@H]1CCC2C3=C(C4c5c(coc5C3=O)C(=O)O[C@@H]4COC)[C@H](OC(C)=O)C[C@@]21C. The van der Waals surface area contributed by atoms with Gasteiger partial charge in [-0.15, -0.1) is 0 Å². The average Bonchev–Trinajstić information content (AvgIpc) is 3.35. The molecule has 6 atom stereocenters. The topological polar surface area (TPSA) is 118 Å². The van der Waals surface area contributed by atoms with Gasteiger partial charge in [-0.05, 0) is 30.8 Å². The molecule has 9 nitrogen and oxygen atoms in total. The van der Waals surface area contributed by atoms with Gasteiger partial charge in [0, 0.05) is 37.0 Å². The second-order valence-corrected chi connectivity index (χ2v) is 9.74. The molecule has 0 amide bonds. The monoisotopic (exact) mass is 472 g/mol. The zero-order chi connectivity index (χ0) is 24.4. The van der Waals surface area contributed by atoms with Gasteiger partial charge in [0.25, 0.3) is 0 Å². The molecular formula is C25H28O9. The Labute approximate surface area is 196 Å². The van der Waals surface area contributed by atoms with Crippen molar-refractivity contribution in [2.45, 2.75) is 70.7 Å². The summed E-state index contributed by atoms with van der Waals surface area (Å²) in [5.41, 5.74) is 1.26. The van der Waals surface area contributed by atoms with Gasteiger partial charge in [-0.25, -0.2) is 4.79 Å². The van der Waals surface area contributed by atoms with E-state index in [-0.39, 0.29) is 42.0 Å². The number of methoxy groups -OCH3 is 1. The molecule has 1 aliphatic heterocycles. The number of ketones is 1. The van der Waals surface area contributed by atoms with Crippen LogP contribution in [-0.2, 0) is 28.5 Å². The number of allylic oxidation sites excluding steroid dienone is 1. The van der Waals surface area contributed by atoms with Crippen molar-refractivity contribution in [3.63, 3.8) is 0 Å². The van der Waals surface area contributed by atoms with Crippen molar-refractivity contribution in [3.8, 4) is 0 Å². The van der Waals surface area contributed by atoms with Crippen molar-refractivity contribution in [3.05, 3.63) is 34.3 Å². The molecule has 1 fully saturated rings. The third kappa shape index (κ3) is 3.16. The highest BCUT2D eigenvalue weighted by atomic mass is 16.6. The van der Waals surface area contributed by atoms with Gasteiger partial charge in [0.2, 0.25) is 5.78 Å².